The Morgan fingerprint density at radius 2 is 1.65 bits per heavy atom. The molecule has 0 atom stereocenters. The molecule has 0 bridgehead atoms. The number of nitrogens with zero attached hydrogens (tertiary/aromatic N) is 1. The van der Waals surface area contributed by atoms with Crippen LogP contribution in [0.25, 0.3) is 0 Å². The summed E-state index contributed by atoms with van der Waals surface area (Å²) in [5.74, 6) is 0. The van der Waals surface area contributed by atoms with E-state index in [0.717, 1.165) is 0 Å². The van der Waals surface area contributed by atoms with E-state index in [1.807, 2.05) is 13.8 Å². The highest BCUT2D eigenvalue weighted by Gasteiger charge is 2.22. The number of allylic oxidation sites excluding steroid dienone is 1. The first kappa shape index (κ1) is 17.9. The first-order valence-electron chi connectivity index (χ1n) is 5.68. The lowest BCUT2D eigenvalue weighted by molar-refractivity contribution is 0.0387. The molecule has 0 aliphatic rings. The first-order chi connectivity index (χ1) is 7.69. The van der Waals surface area contributed by atoms with Gasteiger partial charge in [0.05, 0.1) is 0 Å². The van der Waals surface area contributed by atoms with E-state index in [4.69, 9.17) is 4.74 Å². The van der Waals surface area contributed by atoms with Gasteiger partial charge in [-0.25, -0.2) is 4.79 Å². The molecule has 0 aromatic rings. The van der Waals surface area contributed by atoms with Gasteiger partial charge in [0.25, 0.3) is 0 Å². The summed E-state index contributed by atoms with van der Waals surface area (Å²) in [4.78, 5) is 12.9. The first-order valence-corrected chi connectivity index (χ1v) is 5.68. The molecule has 0 spiro atoms. The van der Waals surface area contributed by atoms with E-state index in [0.29, 0.717) is 11.3 Å². The van der Waals surface area contributed by atoms with Crippen molar-refractivity contribution in [3.63, 3.8) is 0 Å². The van der Waals surface area contributed by atoms with Gasteiger partial charge < -0.3 is 4.74 Å². The van der Waals surface area contributed by atoms with Crippen molar-refractivity contribution >= 4 is 6.09 Å². The molecular formula is C14H25NO2. The normalized spacial score (nSPS) is 9.53. The maximum absolute atomic E-state index is 11.7. The molecule has 0 aromatic heterocycles. The molecule has 0 aliphatic heterocycles. The molecule has 0 rings (SSSR count). The smallest absolute Gasteiger partial charge is 0.418 e. The largest absolute Gasteiger partial charge is 0.443 e. The van der Waals surface area contributed by atoms with Crippen molar-refractivity contribution < 1.29 is 9.53 Å². The fourth-order valence-corrected chi connectivity index (χ4v) is 0.812. The van der Waals surface area contributed by atoms with Gasteiger partial charge >= 0.3 is 6.09 Å². The van der Waals surface area contributed by atoms with Gasteiger partial charge in [-0.3, -0.25) is 4.90 Å². The Morgan fingerprint density at radius 1 is 1.24 bits per heavy atom. The van der Waals surface area contributed by atoms with Crippen molar-refractivity contribution in [1.29, 1.82) is 0 Å². The standard InChI is InChI=1S/C12H19NO2.C2H6/c1-8-13(10(4)9(2)3)11(14)15-12(5,6)7;1-2/h8H,1-2,4H2,3,5-7H3;1-2H3. The van der Waals surface area contributed by atoms with Crippen molar-refractivity contribution in [2.75, 3.05) is 0 Å². The van der Waals surface area contributed by atoms with Crippen LogP contribution in [0.2, 0.25) is 0 Å². The Balaban J connectivity index is 0. The lowest BCUT2D eigenvalue weighted by atomic mass is 10.2. The third-order valence-electron chi connectivity index (χ3n) is 1.56. The Hall–Kier alpha value is -1.51. The van der Waals surface area contributed by atoms with Crippen LogP contribution in [0.1, 0.15) is 41.5 Å². The molecule has 3 heteroatoms. The molecule has 17 heavy (non-hydrogen) atoms. The lowest BCUT2D eigenvalue weighted by Crippen LogP contribution is -2.32. The summed E-state index contributed by atoms with van der Waals surface area (Å²) in [6.45, 7) is 22.1. The molecule has 0 heterocycles. The van der Waals surface area contributed by atoms with Crippen LogP contribution < -0.4 is 0 Å². The van der Waals surface area contributed by atoms with E-state index >= 15 is 0 Å². The Labute approximate surface area is 105 Å². The zero-order valence-electron chi connectivity index (χ0n) is 12.0. The molecule has 0 N–H and O–H groups in total. The summed E-state index contributed by atoms with van der Waals surface area (Å²) in [7, 11) is 0. The molecule has 3 nitrogen and oxygen atoms in total. The van der Waals surface area contributed by atoms with E-state index < -0.39 is 11.7 Å². The second-order valence-electron chi connectivity index (χ2n) is 4.26. The van der Waals surface area contributed by atoms with Crippen LogP contribution in [0, 0.1) is 0 Å². The van der Waals surface area contributed by atoms with Gasteiger partial charge in [-0.1, -0.05) is 33.6 Å². The van der Waals surface area contributed by atoms with E-state index in [1.165, 1.54) is 11.1 Å². The van der Waals surface area contributed by atoms with E-state index in [2.05, 4.69) is 19.7 Å². The molecule has 0 aliphatic carbocycles. The lowest BCUT2D eigenvalue weighted by Gasteiger charge is -2.26. The summed E-state index contributed by atoms with van der Waals surface area (Å²) in [6, 6.07) is 0. The zero-order chi connectivity index (χ0) is 14.2. The number of hydrogen-bond acceptors (Lipinski definition) is 2. The van der Waals surface area contributed by atoms with Gasteiger partial charge in [0, 0.05) is 11.9 Å². The van der Waals surface area contributed by atoms with Crippen LogP contribution in [0.3, 0.4) is 0 Å². The third-order valence-corrected chi connectivity index (χ3v) is 1.56. The Bertz CT molecular complexity index is 298. The maximum atomic E-state index is 11.7. The summed E-state index contributed by atoms with van der Waals surface area (Å²) < 4.78 is 5.18. The van der Waals surface area contributed by atoms with Gasteiger partial charge in [0.1, 0.15) is 5.60 Å². The van der Waals surface area contributed by atoms with Crippen molar-refractivity contribution in [2.24, 2.45) is 0 Å². The SMILES string of the molecule is C=CN(C(=C)C(=C)C)C(=O)OC(C)(C)C.CC. The summed E-state index contributed by atoms with van der Waals surface area (Å²) in [5, 5.41) is 0. The number of carbonyl (C=O) groups is 1. The highest BCUT2D eigenvalue weighted by atomic mass is 16.6. The van der Waals surface area contributed by atoms with Gasteiger partial charge in [-0.2, -0.15) is 0 Å². The number of amides is 1. The predicted molar refractivity (Wildman–Crippen MR) is 73.6 cm³/mol. The van der Waals surface area contributed by atoms with E-state index in [9.17, 15) is 4.79 Å². The van der Waals surface area contributed by atoms with E-state index in [-0.39, 0.29) is 0 Å². The van der Waals surface area contributed by atoms with Crippen LogP contribution in [0.4, 0.5) is 4.79 Å². The maximum Gasteiger partial charge on any atom is 0.418 e. The number of rotatable bonds is 3. The van der Waals surface area contributed by atoms with Crippen LogP contribution in [-0.2, 0) is 4.74 Å². The predicted octanol–water partition coefficient (Wildman–Crippen LogP) is 4.48. The second kappa shape index (κ2) is 7.71. The summed E-state index contributed by atoms with van der Waals surface area (Å²) in [5.41, 5.74) is 0.647. The van der Waals surface area contributed by atoms with Crippen molar-refractivity contribution in [3.05, 3.63) is 37.2 Å². The topological polar surface area (TPSA) is 29.5 Å². The molecule has 98 valence electrons. The molecule has 0 fully saturated rings. The highest BCUT2D eigenvalue weighted by Crippen LogP contribution is 2.16. The van der Waals surface area contributed by atoms with E-state index in [1.54, 1.807) is 27.7 Å². The van der Waals surface area contributed by atoms with Gasteiger partial charge in [0.15, 0.2) is 0 Å². The molecule has 0 saturated carbocycles. The van der Waals surface area contributed by atoms with Crippen LogP contribution in [0.5, 0.6) is 0 Å². The van der Waals surface area contributed by atoms with Crippen LogP contribution >= 0.6 is 0 Å². The second-order valence-corrected chi connectivity index (χ2v) is 4.26. The Kier molecular flexibility index (Phi) is 8.11. The summed E-state index contributed by atoms with van der Waals surface area (Å²) in [6.07, 6.45) is 0.871. The number of hydrogen-bond donors (Lipinski definition) is 0. The highest BCUT2D eigenvalue weighted by molar-refractivity contribution is 5.72. The number of ether oxygens (including phenoxy) is 1. The van der Waals surface area contributed by atoms with Crippen LogP contribution in [0.15, 0.2) is 37.2 Å². The zero-order valence-corrected chi connectivity index (χ0v) is 12.0. The van der Waals surface area contributed by atoms with Crippen molar-refractivity contribution in [1.82, 2.24) is 4.90 Å². The minimum atomic E-state index is -0.534. The van der Waals surface area contributed by atoms with Crippen LogP contribution in [-0.4, -0.2) is 16.6 Å². The average molecular weight is 239 g/mol. The average Bonchev–Trinajstić information content (AvgIpc) is 2.18. The molecule has 0 radical (unpaired) electrons. The van der Waals surface area contributed by atoms with Gasteiger partial charge in [-0.05, 0) is 33.3 Å². The number of carbonyl (C=O) groups excluding carboxylic acids is 1. The minimum Gasteiger partial charge on any atom is -0.443 e. The molecule has 0 saturated heterocycles. The quantitative estimate of drug-likeness (QED) is 0.679. The minimum absolute atomic E-state index is 0.485. The van der Waals surface area contributed by atoms with Gasteiger partial charge in [-0.15, -0.1) is 0 Å². The van der Waals surface area contributed by atoms with Crippen molar-refractivity contribution in [3.8, 4) is 0 Å². The summed E-state index contributed by atoms with van der Waals surface area (Å²) >= 11 is 0. The molecule has 0 aromatic carbocycles. The fourth-order valence-electron chi connectivity index (χ4n) is 0.812. The van der Waals surface area contributed by atoms with Gasteiger partial charge in [0.2, 0.25) is 0 Å². The Morgan fingerprint density at radius 3 is 1.88 bits per heavy atom. The monoisotopic (exact) mass is 239 g/mol. The molecular weight excluding hydrogens is 214 g/mol. The molecule has 0 unspecified atom stereocenters. The third kappa shape index (κ3) is 7.39. The fraction of sp³-hybridized carbons (Fsp3) is 0.500. The van der Waals surface area contributed by atoms with Crippen molar-refractivity contribution in [2.45, 2.75) is 47.1 Å². The molecule has 1 amide bonds.